The van der Waals surface area contributed by atoms with Crippen LogP contribution in [0.15, 0.2) is 29.3 Å². The first-order valence-electron chi connectivity index (χ1n) is 4.93. The lowest BCUT2D eigenvalue weighted by molar-refractivity contribution is 0.506. The molecule has 0 bridgehead atoms. The van der Waals surface area contributed by atoms with Gasteiger partial charge in [0, 0.05) is 4.47 Å². The van der Waals surface area contributed by atoms with Gasteiger partial charge >= 0.3 is 0 Å². The minimum absolute atomic E-state index is 0.248. The van der Waals surface area contributed by atoms with Crippen molar-refractivity contribution in [3.8, 4) is 0 Å². The normalized spacial score (nSPS) is 11.4. The lowest BCUT2D eigenvalue weighted by Gasteiger charge is -2.23. The van der Waals surface area contributed by atoms with E-state index in [2.05, 4.69) is 61.5 Å². The van der Waals surface area contributed by atoms with Gasteiger partial charge in [-0.15, -0.1) is 0 Å². The molecule has 0 spiro atoms. The summed E-state index contributed by atoms with van der Waals surface area (Å²) in [6.07, 6.45) is 3.03. The molecule has 0 saturated heterocycles. The van der Waals surface area contributed by atoms with Gasteiger partial charge in [0.1, 0.15) is 0 Å². The first-order chi connectivity index (χ1) is 6.51. The van der Waals surface area contributed by atoms with Crippen LogP contribution in [0.2, 0.25) is 0 Å². The van der Waals surface area contributed by atoms with E-state index >= 15 is 0 Å². The molecule has 0 unspecified atom stereocenters. The van der Waals surface area contributed by atoms with Crippen molar-refractivity contribution in [1.29, 1.82) is 0 Å². The highest BCUT2D eigenvalue weighted by atomic mass is 79.9. The highest BCUT2D eigenvalue weighted by Gasteiger charge is 2.18. The predicted octanol–water partition coefficient (Wildman–Crippen LogP) is 4.78. The molecule has 1 heteroatoms. The van der Waals surface area contributed by atoms with E-state index in [1.54, 1.807) is 0 Å². The summed E-state index contributed by atoms with van der Waals surface area (Å²) < 4.78 is 1.11. The molecule has 1 rings (SSSR count). The van der Waals surface area contributed by atoms with Gasteiger partial charge in [-0.1, -0.05) is 61.5 Å². The molecule has 0 nitrogen and oxygen atoms in total. The third-order valence-electron chi connectivity index (χ3n) is 2.88. The lowest BCUT2D eigenvalue weighted by atomic mass is 9.82. The van der Waals surface area contributed by atoms with Gasteiger partial charge in [-0.2, -0.15) is 0 Å². The Morgan fingerprint density at radius 3 is 2.57 bits per heavy atom. The Hall–Kier alpha value is -0.560. The van der Waals surface area contributed by atoms with Gasteiger partial charge in [0.05, 0.1) is 0 Å². The molecule has 1 aromatic rings. The average molecular weight is 253 g/mol. The van der Waals surface area contributed by atoms with Crippen LogP contribution in [0.5, 0.6) is 0 Å². The Morgan fingerprint density at radius 1 is 1.43 bits per heavy atom. The summed E-state index contributed by atoms with van der Waals surface area (Å²) in [6.45, 7) is 10.6. The van der Waals surface area contributed by atoms with Crippen molar-refractivity contribution in [3.63, 3.8) is 0 Å². The molecule has 0 aliphatic rings. The van der Waals surface area contributed by atoms with E-state index in [0.29, 0.717) is 0 Å². The van der Waals surface area contributed by atoms with Crippen LogP contribution in [-0.2, 0) is 5.41 Å². The summed E-state index contributed by atoms with van der Waals surface area (Å²) >= 11 is 3.51. The minimum atomic E-state index is 0.248. The van der Waals surface area contributed by atoms with E-state index in [1.165, 1.54) is 11.1 Å². The van der Waals surface area contributed by atoms with Crippen molar-refractivity contribution in [2.24, 2.45) is 0 Å². The first-order valence-corrected chi connectivity index (χ1v) is 5.73. The maximum absolute atomic E-state index is 3.81. The molecule has 14 heavy (non-hydrogen) atoms. The quantitative estimate of drug-likeness (QED) is 0.727. The smallest absolute Gasteiger partial charge is 0.0247 e. The molecule has 0 heterocycles. The minimum Gasteiger partial charge on any atom is -0.0984 e. The van der Waals surface area contributed by atoms with Crippen molar-refractivity contribution in [1.82, 2.24) is 0 Å². The highest BCUT2D eigenvalue weighted by Crippen LogP contribution is 2.30. The number of hydrogen-bond acceptors (Lipinski definition) is 0. The molecule has 0 fully saturated rings. The molecule has 0 N–H and O–H groups in total. The topological polar surface area (TPSA) is 0 Å². The summed E-state index contributed by atoms with van der Waals surface area (Å²) in [6, 6.07) is 6.49. The fourth-order valence-corrected chi connectivity index (χ4v) is 1.73. The van der Waals surface area contributed by atoms with E-state index in [4.69, 9.17) is 0 Å². The highest BCUT2D eigenvalue weighted by molar-refractivity contribution is 9.10. The van der Waals surface area contributed by atoms with Crippen molar-refractivity contribution >= 4 is 22.0 Å². The maximum Gasteiger partial charge on any atom is 0.0247 e. The van der Waals surface area contributed by atoms with Crippen LogP contribution in [-0.4, -0.2) is 0 Å². The standard InChI is InChI=1S/C13H17Br/c1-5-10-9-11(7-8-12(10)14)13(3,4)6-2/h5,7-9H,1,6H2,2-4H3. The van der Waals surface area contributed by atoms with Gasteiger partial charge in [-0.25, -0.2) is 0 Å². The number of hydrogen-bond donors (Lipinski definition) is 0. The molecule has 0 aliphatic carbocycles. The zero-order valence-electron chi connectivity index (χ0n) is 9.10. The second-order valence-electron chi connectivity index (χ2n) is 4.18. The van der Waals surface area contributed by atoms with Crippen molar-refractivity contribution in [3.05, 3.63) is 40.4 Å². The van der Waals surface area contributed by atoms with Gasteiger partial charge < -0.3 is 0 Å². The second kappa shape index (κ2) is 4.31. The SMILES string of the molecule is C=Cc1cc(C(C)(C)CC)ccc1Br. The van der Waals surface area contributed by atoms with Gasteiger partial charge in [0.15, 0.2) is 0 Å². The van der Waals surface area contributed by atoms with Crippen molar-refractivity contribution in [2.45, 2.75) is 32.6 Å². The van der Waals surface area contributed by atoms with E-state index in [1.807, 2.05) is 6.08 Å². The molecule has 0 aliphatic heterocycles. The Morgan fingerprint density at radius 2 is 2.07 bits per heavy atom. The average Bonchev–Trinajstić information content (AvgIpc) is 2.18. The van der Waals surface area contributed by atoms with Crippen LogP contribution in [0.1, 0.15) is 38.3 Å². The summed E-state index contributed by atoms with van der Waals surface area (Å²) in [7, 11) is 0. The Balaban J connectivity index is 3.19. The zero-order chi connectivity index (χ0) is 10.8. The fourth-order valence-electron chi connectivity index (χ4n) is 1.33. The third kappa shape index (κ3) is 2.27. The van der Waals surface area contributed by atoms with Gasteiger partial charge in [0.25, 0.3) is 0 Å². The number of rotatable bonds is 3. The number of benzene rings is 1. The Kier molecular flexibility index (Phi) is 3.54. The fraction of sp³-hybridized carbons (Fsp3) is 0.385. The summed E-state index contributed by atoms with van der Waals surface area (Å²) in [5.41, 5.74) is 2.79. The molecule has 0 radical (unpaired) electrons. The molecule has 0 saturated carbocycles. The molecular formula is C13H17Br. The third-order valence-corrected chi connectivity index (χ3v) is 3.60. The van der Waals surface area contributed by atoms with E-state index < -0.39 is 0 Å². The van der Waals surface area contributed by atoms with Crippen LogP contribution >= 0.6 is 15.9 Å². The van der Waals surface area contributed by atoms with Crippen molar-refractivity contribution < 1.29 is 0 Å². The van der Waals surface area contributed by atoms with E-state index in [0.717, 1.165) is 10.9 Å². The van der Waals surface area contributed by atoms with Crippen LogP contribution in [0.3, 0.4) is 0 Å². The molecule has 1 aromatic carbocycles. The summed E-state index contributed by atoms with van der Waals surface area (Å²) in [5.74, 6) is 0. The molecule has 0 aromatic heterocycles. The summed E-state index contributed by atoms with van der Waals surface area (Å²) in [5, 5.41) is 0. The van der Waals surface area contributed by atoms with Gasteiger partial charge in [-0.05, 0) is 29.0 Å². The largest absolute Gasteiger partial charge is 0.0984 e. The van der Waals surface area contributed by atoms with Gasteiger partial charge in [-0.3, -0.25) is 0 Å². The zero-order valence-corrected chi connectivity index (χ0v) is 10.7. The second-order valence-corrected chi connectivity index (χ2v) is 5.03. The van der Waals surface area contributed by atoms with Gasteiger partial charge in [0.2, 0.25) is 0 Å². The summed E-state index contributed by atoms with van der Waals surface area (Å²) in [4.78, 5) is 0. The first kappa shape index (κ1) is 11.5. The van der Waals surface area contributed by atoms with Crippen molar-refractivity contribution in [2.75, 3.05) is 0 Å². The van der Waals surface area contributed by atoms with E-state index in [-0.39, 0.29) is 5.41 Å². The van der Waals surface area contributed by atoms with Crippen LogP contribution in [0.25, 0.3) is 6.08 Å². The lowest BCUT2D eigenvalue weighted by Crippen LogP contribution is -2.15. The molecule has 0 amide bonds. The van der Waals surface area contributed by atoms with Crippen LogP contribution in [0.4, 0.5) is 0 Å². The number of halogens is 1. The van der Waals surface area contributed by atoms with Crippen LogP contribution in [0, 0.1) is 0 Å². The van der Waals surface area contributed by atoms with E-state index in [9.17, 15) is 0 Å². The van der Waals surface area contributed by atoms with Crippen LogP contribution < -0.4 is 0 Å². The molecule has 76 valence electrons. The Bertz CT molecular complexity index is 337. The maximum atomic E-state index is 3.81. The Labute approximate surface area is 95.2 Å². The molecule has 0 atom stereocenters. The molecular weight excluding hydrogens is 236 g/mol. The predicted molar refractivity (Wildman–Crippen MR) is 67.6 cm³/mol. The monoisotopic (exact) mass is 252 g/mol.